The number of hydrogen-bond acceptors (Lipinski definition) is 2. The first-order valence-corrected chi connectivity index (χ1v) is 7.72. The molecule has 0 spiro atoms. The zero-order valence-corrected chi connectivity index (χ0v) is 12.8. The number of carbonyl (C=O) groups excluding carboxylic acids is 1. The van der Waals surface area contributed by atoms with E-state index in [1.54, 1.807) is 7.11 Å². The summed E-state index contributed by atoms with van der Waals surface area (Å²) in [5.74, 6) is 1.31. The highest BCUT2D eigenvalue weighted by molar-refractivity contribution is 5.98. The molecule has 1 atom stereocenters. The lowest BCUT2D eigenvalue weighted by Gasteiger charge is -2.22. The first-order chi connectivity index (χ1) is 10.8. The molecule has 22 heavy (non-hydrogen) atoms. The van der Waals surface area contributed by atoms with Crippen LogP contribution in [0.2, 0.25) is 0 Å². The summed E-state index contributed by atoms with van der Waals surface area (Å²) in [7, 11) is 1.70. The highest BCUT2D eigenvalue weighted by atomic mass is 16.5. The number of hydrogen-bond donors (Lipinski definition) is 0. The minimum absolute atomic E-state index is 0.199. The molecule has 0 bridgehead atoms. The fourth-order valence-electron chi connectivity index (χ4n) is 3.17. The maximum Gasteiger partial charge on any atom is 0.156 e. The van der Waals surface area contributed by atoms with Crippen LogP contribution >= 0.6 is 0 Å². The largest absolute Gasteiger partial charge is 0.496 e. The Morgan fingerprint density at radius 3 is 2.50 bits per heavy atom. The standard InChI is InChI=1S/C20H20O2/c1-22-20-13-6-5-11-18(20)17-12-7-10-16(21)14-19(17)15-8-3-2-4-9-15/h2-6,8-9,11,13-14,17H,7,10,12H2,1H3. The van der Waals surface area contributed by atoms with Gasteiger partial charge in [-0.1, -0.05) is 48.5 Å². The van der Waals surface area contributed by atoms with Crippen LogP contribution in [-0.2, 0) is 4.79 Å². The van der Waals surface area contributed by atoms with Gasteiger partial charge >= 0.3 is 0 Å². The number of rotatable bonds is 3. The molecular formula is C20H20O2. The van der Waals surface area contributed by atoms with E-state index in [4.69, 9.17) is 4.74 Å². The number of ketones is 1. The molecule has 1 aliphatic carbocycles. The zero-order valence-electron chi connectivity index (χ0n) is 12.8. The summed E-state index contributed by atoms with van der Waals surface area (Å²) in [5.41, 5.74) is 3.39. The molecule has 0 N–H and O–H groups in total. The van der Waals surface area contributed by atoms with Gasteiger partial charge in [0, 0.05) is 17.9 Å². The van der Waals surface area contributed by atoms with Gasteiger partial charge in [0.15, 0.2) is 5.78 Å². The van der Waals surface area contributed by atoms with Crippen molar-refractivity contribution in [3.63, 3.8) is 0 Å². The Kier molecular flexibility index (Phi) is 4.38. The van der Waals surface area contributed by atoms with Crippen molar-refractivity contribution in [2.75, 3.05) is 7.11 Å². The molecule has 0 radical (unpaired) electrons. The van der Waals surface area contributed by atoms with Crippen LogP contribution in [0.3, 0.4) is 0 Å². The van der Waals surface area contributed by atoms with E-state index < -0.39 is 0 Å². The predicted molar refractivity (Wildman–Crippen MR) is 89.0 cm³/mol. The van der Waals surface area contributed by atoms with Gasteiger partial charge in [-0.2, -0.15) is 0 Å². The van der Waals surface area contributed by atoms with Crippen molar-refractivity contribution in [1.29, 1.82) is 0 Å². The molecule has 0 heterocycles. The molecule has 1 aliphatic rings. The number of para-hydroxylation sites is 1. The Bertz CT molecular complexity index is 686. The lowest BCUT2D eigenvalue weighted by molar-refractivity contribution is -0.114. The van der Waals surface area contributed by atoms with Crippen molar-refractivity contribution in [2.45, 2.75) is 25.2 Å². The lowest BCUT2D eigenvalue weighted by Crippen LogP contribution is -2.04. The minimum atomic E-state index is 0.199. The van der Waals surface area contributed by atoms with Gasteiger partial charge in [-0.3, -0.25) is 4.79 Å². The van der Waals surface area contributed by atoms with Gasteiger partial charge in [-0.05, 0) is 36.1 Å². The summed E-state index contributed by atoms with van der Waals surface area (Å²) >= 11 is 0. The molecule has 0 aliphatic heterocycles. The van der Waals surface area contributed by atoms with Crippen molar-refractivity contribution >= 4 is 11.4 Å². The molecule has 3 rings (SSSR count). The van der Waals surface area contributed by atoms with E-state index in [2.05, 4.69) is 18.2 Å². The summed E-state index contributed by atoms with van der Waals surface area (Å²) in [6.07, 6.45) is 4.34. The highest BCUT2D eigenvalue weighted by Crippen LogP contribution is 2.41. The molecule has 112 valence electrons. The van der Waals surface area contributed by atoms with Gasteiger partial charge in [0.25, 0.3) is 0 Å². The highest BCUT2D eigenvalue weighted by Gasteiger charge is 2.24. The van der Waals surface area contributed by atoms with E-state index in [1.807, 2.05) is 42.5 Å². The van der Waals surface area contributed by atoms with Crippen molar-refractivity contribution in [3.05, 3.63) is 71.8 Å². The van der Waals surface area contributed by atoms with E-state index >= 15 is 0 Å². The second kappa shape index (κ2) is 6.61. The van der Waals surface area contributed by atoms with E-state index in [0.29, 0.717) is 6.42 Å². The molecule has 0 aromatic heterocycles. The molecule has 2 heteroatoms. The SMILES string of the molecule is COc1ccccc1C1CCCC(=O)C=C1c1ccccc1. The van der Waals surface area contributed by atoms with Gasteiger partial charge in [-0.25, -0.2) is 0 Å². The third kappa shape index (κ3) is 2.96. The van der Waals surface area contributed by atoms with Crippen LogP contribution in [-0.4, -0.2) is 12.9 Å². The first-order valence-electron chi connectivity index (χ1n) is 7.72. The summed E-state index contributed by atoms with van der Waals surface area (Å²) in [6.45, 7) is 0. The van der Waals surface area contributed by atoms with Crippen molar-refractivity contribution in [3.8, 4) is 5.75 Å². The third-order valence-electron chi connectivity index (χ3n) is 4.23. The smallest absolute Gasteiger partial charge is 0.156 e. The Balaban J connectivity index is 2.10. The number of methoxy groups -OCH3 is 1. The number of allylic oxidation sites excluding steroid dienone is 2. The molecule has 2 aromatic rings. The van der Waals surface area contributed by atoms with E-state index in [1.165, 1.54) is 0 Å². The average molecular weight is 292 g/mol. The molecule has 0 saturated heterocycles. The summed E-state index contributed by atoms with van der Waals surface area (Å²) in [4.78, 5) is 12.1. The van der Waals surface area contributed by atoms with Gasteiger partial charge in [0.2, 0.25) is 0 Å². The van der Waals surface area contributed by atoms with E-state index in [9.17, 15) is 4.79 Å². The molecular weight excluding hydrogens is 272 g/mol. The maximum absolute atomic E-state index is 12.1. The summed E-state index contributed by atoms with van der Waals surface area (Å²) in [6, 6.07) is 18.3. The van der Waals surface area contributed by atoms with Crippen LogP contribution in [0.1, 0.15) is 36.3 Å². The fourth-order valence-corrected chi connectivity index (χ4v) is 3.17. The van der Waals surface area contributed by atoms with Gasteiger partial charge in [0.1, 0.15) is 5.75 Å². The molecule has 2 aromatic carbocycles. The molecule has 2 nitrogen and oxygen atoms in total. The van der Waals surface area contributed by atoms with Crippen LogP contribution in [0.25, 0.3) is 5.57 Å². The van der Waals surface area contributed by atoms with Crippen LogP contribution < -0.4 is 4.74 Å². The van der Waals surface area contributed by atoms with E-state index in [0.717, 1.165) is 35.3 Å². The lowest BCUT2D eigenvalue weighted by atomic mass is 9.84. The first kappa shape index (κ1) is 14.6. The van der Waals surface area contributed by atoms with Crippen LogP contribution in [0.4, 0.5) is 0 Å². The summed E-state index contributed by atoms with van der Waals surface area (Å²) in [5, 5.41) is 0. The van der Waals surface area contributed by atoms with Gasteiger partial charge < -0.3 is 4.74 Å². The topological polar surface area (TPSA) is 26.3 Å². The normalized spacial score (nSPS) is 18.5. The van der Waals surface area contributed by atoms with E-state index in [-0.39, 0.29) is 11.7 Å². The average Bonchev–Trinajstić information content (AvgIpc) is 2.77. The monoisotopic (exact) mass is 292 g/mol. The molecule has 0 fully saturated rings. The quantitative estimate of drug-likeness (QED) is 0.825. The van der Waals surface area contributed by atoms with Gasteiger partial charge in [-0.15, -0.1) is 0 Å². The minimum Gasteiger partial charge on any atom is -0.496 e. The van der Waals surface area contributed by atoms with Gasteiger partial charge in [0.05, 0.1) is 7.11 Å². The van der Waals surface area contributed by atoms with Crippen LogP contribution in [0.5, 0.6) is 5.75 Å². The number of carbonyl (C=O) groups is 1. The number of benzene rings is 2. The Hall–Kier alpha value is -2.35. The zero-order chi connectivity index (χ0) is 15.4. The molecule has 1 unspecified atom stereocenters. The predicted octanol–water partition coefficient (Wildman–Crippen LogP) is 4.62. The van der Waals surface area contributed by atoms with Crippen molar-refractivity contribution in [1.82, 2.24) is 0 Å². The Morgan fingerprint density at radius 1 is 1.00 bits per heavy atom. The van der Waals surface area contributed by atoms with Crippen LogP contribution in [0.15, 0.2) is 60.7 Å². The van der Waals surface area contributed by atoms with Crippen LogP contribution in [0, 0.1) is 0 Å². The Morgan fingerprint density at radius 2 is 1.73 bits per heavy atom. The van der Waals surface area contributed by atoms with Crippen molar-refractivity contribution < 1.29 is 9.53 Å². The molecule has 0 amide bonds. The summed E-state index contributed by atoms with van der Waals surface area (Å²) < 4.78 is 5.54. The Labute approximate surface area is 131 Å². The molecule has 0 saturated carbocycles. The second-order valence-corrected chi connectivity index (χ2v) is 5.62. The fraction of sp³-hybridized carbons (Fsp3) is 0.250. The third-order valence-corrected chi connectivity index (χ3v) is 4.23. The second-order valence-electron chi connectivity index (χ2n) is 5.62. The number of ether oxygens (including phenoxy) is 1. The van der Waals surface area contributed by atoms with Crippen molar-refractivity contribution in [2.24, 2.45) is 0 Å². The maximum atomic E-state index is 12.1.